The van der Waals surface area contributed by atoms with E-state index < -0.39 is 29.8 Å². The summed E-state index contributed by atoms with van der Waals surface area (Å²) in [6.45, 7) is 0.151. The molecule has 2 saturated heterocycles. The average molecular weight is 455 g/mol. The molecule has 0 aromatic carbocycles. The summed E-state index contributed by atoms with van der Waals surface area (Å²) in [6, 6.07) is -0.668. The number of halogens is 5. The van der Waals surface area contributed by atoms with Crippen LogP contribution in [0.4, 0.5) is 17.6 Å². The lowest BCUT2D eigenvalue weighted by atomic mass is 9.79. The van der Waals surface area contributed by atoms with Crippen LogP contribution in [0.15, 0.2) is 0 Å². The second-order valence-electron chi connectivity index (χ2n) is 9.21. The average Bonchev–Trinajstić information content (AvgIpc) is 2.63. The summed E-state index contributed by atoms with van der Waals surface area (Å²) < 4.78 is 58.7. The maximum atomic E-state index is 14.6. The summed E-state index contributed by atoms with van der Waals surface area (Å²) >= 11 is 6.04. The van der Waals surface area contributed by atoms with Crippen molar-refractivity contribution in [3.8, 4) is 0 Å². The summed E-state index contributed by atoms with van der Waals surface area (Å²) in [5.74, 6) is -1.96. The van der Waals surface area contributed by atoms with Crippen molar-refractivity contribution in [2.75, 3.05) is 26.3 Å². The Morgan fingerprint density at radius 2 is 1.73 bits per heavy atom. The third-order valence-corrected chi connectivity index (χ3v) is 7.69. The molecule has 4 fully saturated rings. The van der Waals surface area contributed by atoms with Gasteiger partial charge in [0.2, 0.25) is 5.91 Å². The van der Waals surface area contributed by atoms with Gasteiger partial charge in [0.15, 0.2) is 5.54 Å². The number of nitrogens with zero attached hydrogens (tertiary/aromatic N) is 2. The molecular formula is C20H27ClF4N2O3. The topological polar surface area (TPSA) is 49.9 Å². The van der Waals surface area contributed by atoms with Gasteiger partial charge in [-0.25, -0.2) is 4.39 Å². The molecule has 10 heteroatoms. The smallest absolute Gasteiger partial charge is 0.375 e. The minimum atomic E-state index is -4.18. The van der Waals surface area contributed by atoms with Gasteiger partial charge in [0.1, 0.15) is 12.7 Å². The number of ether oxygens (including phenoxy) is 1. The number of alkyl halides is 5. The van der Waals surface area contributed by atoms with Crippen molar-refractivity contribution in [1.29, 1.82) is 0 Å². The van der Waals surface area contributed by atoms with Crippen LogP contribution < -0.4 is 0 Å². The van der Waals surface area contributed by atoms with Crippen molar-refractivity contribution in [2.24, 2.45) is 11.8 Å². The molecule has 3 unspecified atom stereocenters. The van der Waals surface area contributed by atoms with E-state index in [0.29, 0.717) is 25.7 Å². The van der Waals surface area contributed by atoms with Crippen LogP contribution in [0.5, 0.6) is 0 Å². The molecule has 0 radical (unpaired) electrons. The summed E-state index contributed by atoms with van der Waals surface area (Å²) in [4.78, 5) is 29.2. The molecule has 170 valence electrons. The molecule has 0 aromatic rings. The van der Waals surface area contributed by atoms with Gasteiger partial charge in [-0.1, -0.05) is 0 Å². The van der Waals surface area contributed by atoms with E-state index in [4.69, 9.17) is 16.3 Å². The van der Waals surface area contributed by atoms with Gasteiger partial charge in [0.05, 0.1) is 25.2 Å². The number of rotatable bonds is 3. The van der Waals surface area contributed by atoms with Crippen molar-refractivity contribution in [2.45, 2.75) is 74.3 Å². The maximum Gasteiger partial charge on any atom is 0.391 e. The molecule has 2 amide bonds. The number of amides is 2. The van der Waals surface area contributed by atoms with E-state index in [1.54, 1.807) is 0 Å². The molecule has 3 atom stereocenters. The monoisotopic (exact) mass is 454 g/mol. The second-order valence-corrected chi connectivity index (χ2v) is 9.83. The zero-order valence-corrected chi connectivity index (χ0v) is 17.4. The first kappa shape index (κ1) is 22.1. The Hall–Kier alpha value is -1.09. The van der Waals surface area contributed by atoms with Gasteiger partial charge in [-0.2, -0.15) is 13.2 Å². The summed E-state index contributed by atoms with van der Waals surface area (Å²) in [7, 11) is 0. The lowest BCUT2D eigenvalue weighted by Crippen LogP contribution is -2.78. The van der Waals surface area contributed by atoms with Crippen molar-refractivity contribution in [3.05, 3.63) is 0 Å². The highest BCUT2D eigenvalue weighted by Crippen LogP contribution is 2.42. The largest absolute Gasteiger partial charge is 0.391 e. The van der Waals surface area contributed by atoms with Gasteiger partial charge < -0.3 is 14.5 Å². The molecule has 2 heterocycles. The Morgan fingerprint density at radius 3 is 2.27 bits per heavy atom. The fraction of sp³-hybridized carbons (Fsp3) is 0.900. The van der Waals surface area contributed by atoms with Gasteiger partial charge >= 0.3 is 6.18 Å². The van der Waals surface area contributed by atoms with E-state index in [1.807, 2.05) is 0 Å². The highest BCUT2D eigenvalue weighted by atomic mass is 35.5. The van der Waals surface area contributed by atoms with Gasteiger partial charge in [-0.05, 0) is 50.9 Å². The molecule has 2 saturated carbocycles. The van der Waals surface area contributed by atoms with Crippen LogP contribution in [-0.2, 0) is 14.3 Å². The standard InChI is InChI=1S/C20H27ClF4N2O3/c21-14-5-6-16(15(22)7-14)26-9-17(28)27(19(18(26)29)10-30-11-19)8-12-1-3-13(4-2-12)20(23,24)25/h12-16H,1-11H2. The zero-order chi connectivity index (χ0) is 21.7. The van der Waals surface area contributed by atoms with Crippen LogP contribution >= 0.6 is 11.6 Å². The first-order chi connectivity index (χ1) is 14.1. The van der Waals surface area contributed by atoms with E-state index in [1.165, 1.54) is 9.80 Å². The number of carbonyl (C=O) groups is 2. The molecule has 0 bridgehead atoms. The first-order valence-corrected chi connectivity index (χ1v) is 11.1. The summed E-state index contributed by atoms with van der Waals surface area (Å²) in [6.07, 6.45) is -3.48. The maximum absolute atomic E-state index is 14.6. The minimum absolute atomic E-state index is 0.0466. The molecule has 2 aliphatic heterocycles. The van der Waals surface area contributed by atoms with Crippen molar-refractivity contribution in [1.82, 2.24) is 9.80 Å². The molecule has 5 nitrogen and oxygen atoms in total. The van der Waals surface area contributed by atoms with E-state index in [0.717, 1.165) is 0 Å². The fourth-order valence-electron chi connectivity index (χ4n) is 5.38. The first-order valence-electron chi connectivity index (χ1n) is 10.7. The lowest BCUT2D eigenvalue weighted by Gasteiger charge is -2.56. The number of hydrogen-bond donors (Lipinski definition) is 0. The van der Waals surface area contributed by atoms with Gasteiger partial charge in [-0.3, -0.25) is 9.59 Å². The zero-order valence-electron chi connectivity index (χ0n) is 16.7. The summed E-state index contributed by atoms with van der Waals surface area (Å²) in [5, 5.41) is -0.267. The van der Waals surface area contributed by atoms with E-state index in [-0.39, 0.29) is 68.7 Å². The van der Waals surface area contributed by atoms with Crippen molar-refractivity contribution in [3.63, 3.8) is 0 Å². The number of piperazine rings is 1. The third kappa shape index (κ3) is 3.92. The fourth-order valence-corrected chi connectivity index (χ4v) is 5.67. The van der Waals surface area contributed by atoms with Crippen molar-refractivity contribution >= 4 is 23.4 Å². The Labute approximate surface area is 178 Å². The molecule has 4 aliphatic rings. The van der Waals surface area contributed by atoms with Gasteiger partial charge in [-0.15, -0.1) is 11.6 Å². The van der Waals surface area contributed by atoms with E-state index in [2.05, 4.69) is 0 Å². The van der Waals surface area contributed by atoms with Gasteiger partial charge in [0.25, 0.3) is 5.91 Å². The molecule has 1 spiro atoms. The van der Waals surface area contributed by atoms with Crippen LogP contribution in [0, 0.1) is 11.8 Å². The van der Waals surface area contributed by atoms with Gasteiger partial charge in [0, 0.05) is 11.9 Å². The SMILES string of the molecule is O=C1CN(C2CCC(Cl)CC2F)C(=O)C2(COC2)N1CC1CCC(C(F)(F)F)CC1. The van der Waals surface area contributed by atoms with Crippen LogP contribution in [-0.4, -0.2) is 77.2 Å². The predicted octanol–water partition coefficient (Wildman–Crippen LogP) is 3.29. The number of hydrogen-bond acceptors (Lipinski definition) is 3. The number of carbonyl (C=O) groups excluding carboxylic acids is 2. The predicted molar refractivity (Wildman–Crippen MR) is 101 cm³/mol. The van der Waals surface area contributed by atoms with Crippen LogP contribution in [0.25, 0.3) is 0 Å². The Morgan fingerprint density at radius 1 is 1.07 bits per heavy atom. The normalized spacial score (nSPS) is 37.4. The minimum Gasteiger partial charge on any atom is -0.375 e. The quantitative estimate of drug-likeness (QED) is 0.485. The Balaban J connectivity index is 1.45. The lowest BCUT2D eigenvalue weighted by molar-refractivity contribution is -0.204. The molecule has 0 aromatic heterocycles. The highest BCUT2D eigenvalue weighted by molar-refractivity contribution is 6.20. The third-order valence-electron chi connectivity index (χ3n) is 7.29. The molecular weight excluding hydrogens is 428 g/mol. The Bertz CT molecular complexity index is 679. The van der Waals surface area contributed by atoms with E-state index >= 15 is 0 Å². The second kappa shape index (κ2) is 8.11. The van der Waals surface area contributed by atoms with Crippen LogP contribution in [0.2, 0.25) is 0 Å². The molecule has 4 rings (SSSR count). The van der Waals surface area contributed by atoms with Crippen LogP contribution in [0.1, 0.15) is 44.9 Å². The molecule has 2 aliphatic carbocycles. The van der Waals surface area contributed by atoms with Crippen molar-refractivity contribution < 1.29 is 31.9 Å². The van der Waals surface area contributed by atoms with Crippen LogP contribution in [0.3, 0.4) is 0 Å². The summed E-state index contributed by atoms with van der Waals surface area (Å²) in [5.41, 5.74) is -1.15. The molecule has 30 heavy (non-hydrogen) atoms. The van der Waals surface area contributed by atoms with E-state index in [9.17, 15) is 27.2 Å². The Kier molecular flexibility index (Phi) is 5.98. The molecule has 0 N–H and O–H groups in total. The highest BCUT2D eigenvalue weighted by Gasteiger charge is 2.59.